The van der Waals surface area contributed by atoms with Crippen LogP contribution in [0.25, 0.3) is 11.6 Å². The highest BCUT2D eigenvalue weighted by Gasteiger charge is 2.62. The zero-order valence-electron chi connectivity index (χ0n) is 19.9. The van der Waals surface area contributed by atoms with Crippen molar-refractivity contribution in [3.8, 4) is 17.5 Å². The third kappa shape index (κ3) is 5.59. The fraction of sp³-hybridized carbons (Fsp3) is 0.417. The van der Waals surface area contributed by atoms with Crippen LogP contribution in [0.2, 0.25) is 0 Å². The maximum atomic E-state index is 14.7. The van der Waals surface area contributed by atoms with Crippen LogP contribution in [-0.4, -0.2) is 33.2 Å². The Morgan fingerprint density at radius 3 is 2.50 bits per heavy atom. The molecule has 8 nitrogen and oxygen atoms in total. The second kappa shape index (κ2) is 10.2. The van der Waals surface area contributed by atoms with Gasteiger partial charge < -0.3 is 19.6 Å². The summed E-state index contributed by atoms with van der Waals surface area (Å²) in [5.74, 6) is -3.50. The molecule has 2 aromatic heterocycles. The SMILES string of the molecule is C[C@@H]1CCCC(=O)CC(OCc2ccccc2)(C(F)(F)F)c2nnc(o2)-c2nc(c(C(F)(F)F)cc2N)O1. The van der Waals surface area contributed by atoms with Gasteiger partial charge in [-0.1, -0.05) is 30.3 Å². The number of nitrogens with two attached hydrogens (primary N) is 1. The summed E-state index contributed by atoms with van der Waals surface area (Å²) in [6.45, 7) is 0.892. The second-order valence-electron chi connectivity index (χ2n) is 8.82. The van der Waals surface area contributed by atoms with E-state index in [4.69, 9.17) is 19.6 Å². The Morgan fingerprint density at radius 1 is 1.13 bits per heavy atom. The first-order chi connectivity index (χ1) is 17.8. The van der Waals surface area contributed by atoms with Gasteiger partial charge in [0.2, 0.25) is 11.5 Å². The molecule has 4 bridgehead atoms. The molecule has 1 unspecified atom stereocenters. The number of pyridine rings is 1. The van der Waals surface area contributed by atoms with Gasteiger partial charge in [0, 0.05) is 6.42 Å². The third-order valence-electron chi connectivity index (χ3n) is 5.91. The lowest BCUT2D eigenvalue weighted by molar-refractivity contribution is -0.297. The average Bonchev–Trinajstić information content (AvgIpc) is 3.31. The fourth-order valence-corrected chi connectivity index (χ4v) is 3.93. The van der Waals surface area contributed by atoms with Crippen molar-refractivity contribution in [2.24, 2.45) is 0 Å². The first-order valence-corrected chi connectivity index (χ1v) is 11.4. The minimum absolute atomic E-state index is 0.0326. The molecule has 14 heteroatoms. The van der Waals surface area contributed by atoms with Crippen LogP contribution in [0, 0.1) is 0 Å². The first-order valence-electron chi connectivity index (χ1n) is 11.4. The van der Waals surface area contributed by atoms with E-state index in [2.05, 4.69) is 15.2 Å². The van der Waals surface area contributed by atoms with E-state index in [0.717, 1.165) is 0 Å². The van der Waals surface area contributed by atoms with Gasteiger partial charge in [-0.05, 0) is 31.4 Å². The van der Waals surface area contributed by atoms with Crippen LogP contribution in [0.3, 0.4) is 0 Å². The highest BCUT2D eigenvalue weighted by molar-refractivity contribution is 5.79. The number of halogens is 6. The van der Waals surface area contributed by atoms with Crippen LogP contribution in [-0.2, 0) is 27.9 Å². The van der Waals surface area contributed by atoms with Crippen LogP contribution >= 0.6 is 0 Å². The van der Waals surface area contributed by atoms with E-state index in [9.17, 15) is 31.1 Å². The molecule has 0 fully saturated rings. The highest BCUT2D eigenvalue weighted by atomic mass is 19.4. The normalized spacial score (nSPS) is 21.0. The van der Waals surface area contributed by atoms with Crippen LogP contribution in [0.15, 0.2) is 40.8 Å². The minimum Gasteiger partial charge on any atom is -0.474 e. The van der Waals surface area contributed by atoms with Gasteiger partial charge in [0.05, 0.1) is 24.8 Å². The summed E-state index contributed by atoms with van der Waals surface area (Å²) in [7, 11) is 0. The topological polar surface area (TPSA) is 113 Å². The lowest BCUT2D eigenvalue weighted by Crippen LogP contribution is -2.47. The number of anilines is 1. The molecule has 1 aromatic carbocycles. The van der Waals surface area contributed by atoms with Gasteiger partial charge >= 0.3 is 12.4 Å². The number of carbonyl (C=O) groups excluding carboxylic acids is 1. The van der Waals surface area contributed by atoms with Crippen LogP contribution in [0.5, 0.6) is 5.88 Å². The van der Waals surface area contributed by atoms with Gasteiger partial charge in [-0.25, -0.2) is 4.98 Å². The number of nitrogen functional groups attached to an aromatic ring is 1. The van der Waals surface area contributed by atoms with Crippen molar-refractivity contribution in [2.45, 2.75) is 63.3 Å². The zero-order valence-corrected chi connectivity index (χ0v) is 19.9. The summed E-state index contributed by atoms with van der Waals surface area (Å²) < 4.78 is 101. The van der Waals surface area contributed by atoms with Gasteiger partial charge in [0.15, 0.2) is 5.69 Å². The number of aromatic nitrogens is 3. The van der Waals surface area contributed by atoms with Crippen molar-refractivity contribution < 1.29 is 45.0 Å². The summed E-state index contributed by atoms with van der Waals surface area (Å²) in [5.41, 5.74) is 0.424. The number of hydrogen-bond acceptors (Lipinski definition) is 8. The van der Waals surface area contributed by atoms with Crippen LogP contribution in [0.4, 0.5) is 32.0 Å². The van der Waals surface area contributed by atoms with E-state index >= 15 is 0 Å². The van der Waals surface area contributed by atoms with E-state index in [0.29, 0.717) is 11.6 Å². The molecule has 0 saturated carbocycles. The Kier molecular flexibility index (Phi) is 7.37. The zero-order chi connectivity index (χ0) is 27.7. The molecule has 1 aliphatic heterocycles. The van der Waals surface area contributed by atoms with Crippen LogP contribution in [0.1, 0.15) is 49.6 Å². The van der Waals surface area contributed by atoms with Crippen molar-refractivity contribution in [3.63, 3.8) is 0 Å². The van der Waals surface area contributed by atoms with E-state index in [1.54, 1.807) is 18.2 Å². The van der Waals surface area contributed by atoms with Crippen LogP contribution < -0.4 is 10.5 Å². The maximum Gasteiger partial charge on any atom is 0.427 e. The van der Waals surface area contributed by atoms with E-state index in [1.165, 1.54) is 19.1 Å². The number of alkyl halides is 6. The van der Waals surface area contributed by atoms with Gasteiger partial charge in [0.1, 0.15) is 11.3 Å². The Morgan fingerprint density at radius 2 is 1.84 bits per heavy atom. The summed E-state index contributed by atoms with van der Waals surface area (Å²) in [4.78, 5) is 16.5. The number of ketones is 1. The molecule has 0 amide bonds. The number of hydrogen-bond donors (Lipinski definition) is 1. The quantitative estimate of drug-likeness (QED) is 0.423. The molecule has 0 radical (unpaired) electrons. The molecule has 0 spiro atoms. The van der Waals surface area contributed by atoms with Crippen molar-refractivity contribution in [1.29, 1.82) is 0 Å². The average molecular weight is 544 g/mol. The lowest BCUT2D eigenvalue weighted by atomic mass is 9.93. The molecule has 2 atom stereocenters. The molecule has 4 rings (SSSR count). The number of ether oxygens (including phenoxy) is 2. The molecule has 204 valence electrons. The molecule has 0 aliphatic carbocycles. The number of fused-ring (bicyclic) bond motifs is 5. The minimum atomic E-state index is -5.20. The molecule has 38 heavy (non-hydrogen) atoms. The summed E-state index contributed by atoms with van der Waals surface area (Å²) in [5, 5.41) is 7.04. The molecule has 3 heterocycles. The van der Waals surface area contributed by atoms with Gasteiger partial charge in [-0.15, -0.1) is 10.2 Å². The summed E-state index contributed by atoms with van der Waals surface area (Å²) in [6.07, 6.45) is -12.4. The number of nitrogens with zero attached hydrogens (tertiary/aromatic N) is 3. The predicted octanol–water partition coefficient (Wildman–Crippen LogP) is 5.62. The Labute approximate surface area is 212 Å². The number of rotatable bonds is 3. The monoisotopic (exact) mass is 544 g/mol. The molecular weight excluding hydrogens is 522 g/mol. The first kappa shape index (κ1) is 27.4. The maximum absolute atomic E-state index is 14.7. The molecule has 1 aliphatic rings. The molecular formula is C24H22F6N4O4. The Bertz CT molecular complexity index is 1300. The van der Waals surface area contributed by atoms with Crippen molar-refractivity contribution in [1.82, 2.24) is 15.2 Å². The van der Waals surface area contributed by atoms with Crippen molar-refractivity contribution in [2.75, 3.05) is 5.73 Å². The van der Waals surface area contributed by atoms with E-state index in [-0.39, 0.29) is 19.3 Å². The lowest BCUT2D eigenvalue weighted by Gasteiger charge is -2.32. The standard InChI is InChI=1S/C24H22F6N4O4/c1-13-6-5-9-15(35)11-22(24(28,29)30,36-12-14-7-3-2-4-8-14)21-34-33-20(38-21)18-17(31)10-16(23(25,26)27)19(32-18)37-13/h2-4,7-8,10,13H,5-6,9,11-12,31H2,1H3/t13-,22?/m1/s1. The summed E-state index contributed by atoms with van der Waals surface area (Å²) in [6, 6.07) is 8.46. The largest absolute Gasteiger partial charge is 0.474 e. The van der Waals surface area contributed by atoms with Gasteiger partial charge in [-0.3, -0.25) is 4.79 Å². The Hall–Kier alpha value is -3.68. The molecule has 0 saturated heterocycles. The molecule has 3 aromatic rings. The fourth-order valence-electron chi connectivity index (χ4n) is 3.93. The molecule has 2 N–H and O–H groups in total. The van der Waals surface area contributed by atoms with E-state index in [1.807, 2.05) is 0 Å². The van der Waals surface area contributed by atoms with Crippen molar-refractivity contribution in [3.05, 3.63) is 53.4 Å². The smallest absolute Gasteiger partial charge is 0.427 e. The summed E-state index contributed by atoms with van der Waals surface area (Å²) >= 11 is 0. The number of carbonyl (C=O) groups is 1. The second-order valence-corrected chi connectivity index (χ2v) is 8.82. The van der Waals surface area contributed by atoms with Crippen molar-refractivity contribution >= 4 is 11.5 Å². The van der Waals surface area contributed by atoms with E-state index < -0.39 is 77.5 Å². The van der Waals surface area contributed by atoms with Gasteiger partial charge in [0.25, 0.3) is 11.8 Å². The number of Topliss-reactive ketones (excluding diaryl/α,β-unsaturated/α-hetero) is 1. The predicted molar refractivity (Wildman–Crippen MR) is 119 cm³/mol. The highest BCUT2D eigenvalue weighted by Crippen LogP contribution is 2.47. The van der Waals surface area contributed by atoms with Gasteiger partial charge in [-0.2, -0.15) is 26.3 Å². The Balaban J connectivity index is 1.87. The number of benzene rings is 1. The third-order valence-corrected chi connectivity index (χ3v) is 5.91.